The number of H-pyrrole nitrogens is 1. The van der Waals surface area contributed by atoms with Crippen molar-refractivity contribution in [3.8, 4) is 0 Å². The minimum absolute atomic E-state index is 0.150. The Hall–Kier alpha value is -0.720. The molecule has 1 fully saturated rings. The van der Waals surface area contributed by atoms with Gasteiger partial charge in [0.25, 0.3) is 0 Å². The third-order valence-electron chi connectivity index (χ3n) is 4.50. The summed E-state index contributed by atoms with van der Waals surface area (Å²) in [4.78, 5) is 5.44. The molecule has 6 heteroatoms. The average Bonchev–Trinajstić information content (AvgIpc) is 2.60. The molecule has 1 aliphatic carbocycles. The summed E-state index contributed by atoms with van der Waals surface area (Å²) in [6, 6.07) is 3.30. The molecular weight excluding hydrogens is 341 g/mol. The molecule has 108 valence electrons. The maximum Gasteiger partial charge on any atom is 0.178 e. The highest BCUT2D eigenvalue weighted by Gasteiger charge is 2.39. The zero-order chi connectivity index (χ0) is 14.5. The van der Waals surface area contributed by atoms with Crippen molar-refractivity contribution in [1.82, 2.24) is 14.5 Å². The van der Waals surface area contributed by atoms with Crippen molar-refractivity contribution in [3.63, 3.8) is 0 Å². The van der Waals surface area contributed by atoms with Gasteiger partial charge in [0.1, 0.15) is 5.82 Å². The first kappa shape index (κ1) is 14.2. The Labute approximate surface area is 130 Å². The third-order valence-corrected chi connectivity index (χ3v) is 5.43. The first-order chi connectivity index (χ1) is 9.43. The molecule has 20 heavy (non-hydrogen) atoms. The van der Waals surface area contributed by atoms with Gasteiger partial charge >= 0.3 is 0 Å². The normalized spacial score (nSPS) is 17.6. The number of benzene rings is 1. The molecule has 0 unspecified atom stereocenters. The first-order valence-electron chi connectivity index (χ1n) is 6.68. The van der Waals surface area contributed by atoms with Crippen molar-refractivity contribution in [2.45, 2.75) is 31.3 Å². The van der Waals surface area contributed by atoms with E-state index in [1.165, 1.54) is 6.42 Å². The molecular formula is C14H17BrFN3S. The Morgan fingerprint density at radius 2 is 2.15 bits per heavy atom. The Kier molecular flexibility index (Phi) is 3.51. The molecule has 0 bridgehead atoms. The van der Waals surface area contributed by atoms with Gasteiger partial charge in [-0.15, -0.1) is 0 Å². The van der Waals surface area contributed by atoms with Gasteiger partial charge in [-0.2, -0.15) is 0 Å². The predicted molar refractivity (Wildman–Crippen MR) is 85.0 cm³/mol. The largest absolute Gasteiger partial charge is 0.331 e. The minimum Gasteiger partial charge on any atom is -0.331 e. The fourth-order valence-electron chi connectivity index (χ4n) is 2.93. The van der Waals surface area contributed by atoms with Crippen molar-refractivity contribution in [2.24, 2.45) is 0 Å². The van der Waals surface area contributed by atoms with Crippen LogP contribution in [0.1, 0.15) is 19.3 Å². The number of aromatic nitrogens is 2. The molecule has 0 aliphatic heterocycles. The lowest BCUT2D eigenvalue weighted by atomic mass is 9.75. The first-order valence-corrected chi connectivity index (χ1v) is 7.88. The van der Waals surface area contributed by atoms with Gasteiger partial charge in [0.05, 0.1) is 15.5 Å². The zero-order valence-corrected chi connectivity index (χ0v) is 13.9. The fraction of sp³-hybridized carbons (Fsp3) is 0.500. The van der Waals surface area contributed by atoms with Gasteiger partial charge in [0.2, 0.25) is 0 Å². The van der Waals surface area contributed by atoms with E-state index < -0.39 is 0 Å². The van der Waals surface area contributed by atoms with Crippen LogP contribution < -0.4 is 0 Å². The molecule has 3 nitrogen and oxygen atoms in total. The van der Waals surface area contributed by atoms with Crippen molar-refractivity contribution >= 4 is 39.2 Å². The summed E-state index contributed by atoms with van der Waals surface area (Å²) >= 11 is 8.63. The molecule has 0 radical (unpaired) electrons. The van der Waals surface area contributed by atoms with Gasteiger partial charge in [-0.25, -0.2) is 4.39 Å². The van der Waals surface area contributed by atoms with Crippen molar-refractivity contribution < 1.29 is 4.39 Å². The van der Waals surface area contributed by atoms with E-state index in [1.807, 2.05) is 4.57 Å². The molecule has 0 spiro atoms. The number of hydrogen-bond donors (Lipinski definition) is 1. The van der Waals surface area contributed by atoms with Gasteiger partial charge in [-0.1, -0.05) is 0 Å². The van der Waals surface area contributed by atoms with Gasteiger partial charge in [-0.05, 0) is 67.6 Å². The fourth-order valence-corrected chi connectivity index (χ4v) is 3.55. The summed E-state index contributed by atoms with van der Waals surface area (Å²) in [5.41, 5.74) is 1.86. The van der Waals surface area contributed by atoms with Crippen LogP contribution in [-0.2, 0) is 6.54 Å². The second-order valence-electron chi connectivity index (χ2n) is 5.77. The summed E-state index contributed by atoms with van der Waals surface area (Å²) in [5.74, 6) is -0.257. The SMILES string of the molecule is CN(C)C1(Cn2c(=S)[nH]c3cc(Br)c(F)cc32)CCC1. The number of aromatic amines is 1. The van der Waals surface area contributed by atoms with Gasteiger partial charge in [-0.3, -0.25) is 0 Å². The molecule has 3 rings (SSSR count). The van der Waals surface area contributed by atoms with Crippen molar-refractivity contribution in [2.75, 3.05) is 14.1 Å². The van der Waals surface area contributed by atoms with Crippen LogP contribution in [0.25, 0.3) is 11.0 Å². The van der Waals surface area contributed by atoms with E-state index in [9.17, 15) is 4.39 Å². The molecule has 0 atom stereocenters. The van der Waals surface area contributed by atoms with Crippen molar-refractivity contribution in [1.29, 1.82) is 0 Å². The maximum absolute atomic E-state index is 13.8. The smallest absolute Gasteiger partial charge is 0.178 e. The van der Waals surface area contributed by atoms with Crippen molar-refractivity contribution in [3.05, 3.63) is 27.2 Å². The predicted octanol–water partition coefficient (Wildman–Crippen LogP) is 4.08. The van der Waals surface area contributed by atoms with Crippen LogP contribution in [0.4, 0.5) is 4.39 Å². The molecule has 1 heterocycles. The molecule has 1 aromatic carbocycles. The van der Waals surface area contributed by atoms with E-state index in [1.54, 1.807) is 12.1 Å². The molecule has 1 aromatic heterocycles. The highest BCUT2D eigenvalue weighted by atomic mass is 79.9. The summed E-state index contributed by atoms with van der Waals surface area (Å²) < 4.78 is 16.9. The van der Waals surface area contributed by atoms with E-state index in [4.69, 9.17) is 12.2 Å². The second kappa shape index (κ2) is 4.93. The van der Waals surface area contributed by atoms with Crippen LogP contribution in [0.5, 0.6) is 0 Å². The molecule has 1 N–H and O–H groups in total. The number of imidazole rings is 1. The Bertz CT molecular complexity index is 715. The Balaban J connectivity index is 2.10. The lowest BCUT2D eigenvalue weighted by Crippen LogP contribution is -2.53. The average molecular weight is 358 g/mol. The highest BCUT2D eigenvalue weighted by Crippen LogP contribution is 2.38. The summed E-state index contributed by atoms with van der Waals surface area (Å²) in [7, 11) is 4.21. The van der Waals surface area contributed by atoms with Gasteiger partial charge < -0.3 is 14.5 Å². The number of likely N-dealkylation sites (N-methyl/N-ethyl adjacent to an activating group) is 1. The quantitative estimate of drug-likeness (QED) is 0.836. The molecule has 1 saturated carbocycles. The molecule has 0 saturated heterocycles. The third kappa shape index (κ3) is 2.14. The summed E-state index contributed by atoms with van der Waals surface area (Å²) in [6.07, 6.45) is 3.56. The number of fused-ring (bicyclic) bond motifs is 1. The minimum atomic E-state index is -0.257. The van der Waals surface area contributed by atoms with E-state index >= 15 is 0 Å². The number of nitrogens with one attached hydrogen (secondary N) is 1. The number of hydrogen-bond acceptors (Lipinski definition) is 2. The monoisotopic (exact) mass is 357 g/mol. The van der Waals surface area contributed by atoms with Crippen LogP contribution in [0.3, 0.4) is 0 Å². The lowest BCUT2D eigenvalue weighted by Gasteiger charge is -2.47. The zero-order valence-electron chi connectivity index (χ0n) is 11.5. The van der Waals surface area contributed by atoms with Crippen LogP contribution >= 0.6 is 28.1 Å². The van der Waals surface area contributed by atoms with Crippen LogP contribution in [0.2, 0.25) is 0 Å². The van der Waals surface area contributed by atoms with E-state index in [-0.39, 0.29) is 11.4 Å². The number of rotatable bonds is 3. The Morgan fingerprint density at radius 1 is 1.45 bits per heavy atom. The number of halogens is 2. The Morgan fingerprint density at radius 3 is 2.70 bits per heavy atom. The highest BCUT2D eigenvalue weighted by molar-refractivity contribution is 9.10. The van der Waals surface area contributed by atoms with Gasteiger partial charge in [0.15, 0.2) is 4.77 Å². The molecule has 2 aromatic rings. The summed E-state index contributed by atoms with van der Waals surface area (Å²) in [5, 5.41) is 0. The lowest BCUT2D eigenvalue weighted by molar-refractivity contribution is 0.0431. The van der Waals surface area contributed by atoms with Gasteiger partial charge in [0, 0.05) is 18.2 Å². The van der Waals surface area contributed by atoms with Crippen LogP contribution in [-0.4, -0.2) is 34.1 Å². The second-order valence-corrected chi connectivity index (χ2v) is 7.01. The molecule has 1 aliphatic rings. The van der Waals surface area contributed by atoms with Crippen LogP contribution in [0, 0.1) is 10.6 Å². The standard InChI is InChI=1S/C14H17BrFN3S/c1-18(2)14(4-3-5-14)8-19-12-7-10(16)9(15)6-11(12)17-13(19)20/h6-7H,3-5,8H2,1-2H3,(H,17,20). The van der Waals surface area contributed by atoms with Crippen LogP contribution in [0.15, 0.2) is 16.6 Å². The molecule has 0 amide bonds. The number of nitrogens with zero attached hydrogens (tertiary/aromatic N) is 2. The summed E-state index contributed by atoms with van der Waals surface area (Å²) in [6.45, 7) is 0.805. The van der Waals surface area contributed by atoms with E-state index in [2.05, 4.69) is 39.9 Å². The van der Waals surface area contributed by atoms with E-state index in [0.29, 0.717) is 9.24 Å². The topological polar surface area (TPSA) is 24.0 Å². The maximum atomic E-state index is 13.8. The van der Waals surface area contributed by atoms with E-state index in [0.717, 1.165) is 30.4 Å².